The van der Waals surface area contributed by atoms with Crippen molar-refractivity contribution in [3.8, 4) is 0 Å². The molecular weight excluding hydrogens is 206 g/mol. The molecular formula is C16H35N. The molecule has 0 aromatic carbocycles. The number of unbranched alkanes of at least 4 members (excludes halogenated alkanes) is 2. The van der Waals surface area contributed by atoms with E-state index < -0.39 is 0 Å². The molecule has 0 fully saturated rings. The Kier molecular flexibility index (Phi) is 9.91. The minimum absolute atomic E-state index is 0.848. The van der Waals surface area contributed by atoms with Crippen LogP contribution in [-0.2, 0) is 0 Å². The smallest absolute Gasteiger partial charge is 0.000366 e. The number of rotatable bonds is 10. The van der Waals surface area contributed by atoms with Gasteiger partial charge in [0, 0.05) is 6.54 Å². The van der Waals surface area contributed by atoms with Gasteiger partial charge in [0.1, 0.15) is 0 Å². The first-order valence-electron chi connectivity index (χ1n) is 7.60. The molecule has 0 aromatic rings. The highest BCUT2D eigenvalue weighted by molar-refractivity contribution is 4.67. The monoisotopic (exact) mass is 241 g/mol. The van der Waals surface area contributed by atoms with Crippen LogP contribution >= 0.6 is 0 Å². The van der Waals surface area contributed by atoms with E-state index in [2.05, 4.69) is 46.7 Å². The van der Waals surface area contributed by atoms with E-state index in [1.165, 1.54) is 45.1 Å². The van der Waals surface area contributed by atoms with Crippen LogP contribution in [0.4, 0.5) is 0 Å². The van der Waals surface area contributed by atoms with Crippen molar-refractivity contribution in [3.63, 3.8) is 0 Å². The van der Waals surface area contributed by atoms with Gasteiger partial charge in [-0.1, -0.05) is 47.0 Å². The molecule has 0 bridgehead atoms. The molecule has 17 heavy (non-hydrogen) atoms. The normalized spacial score (nSPS) is 15.5. The highest BCUT2D eigenvalue weighted by Gasteiger charge is 2.14. The summed E-state index contributed by atoms with van der Waals surface area (Å²) >= 11 is 0. The second kappa shape index (κ2) is 9.94. The molecule has 2 unspecified atom stereocenters. The topological polar surface area (TPSA) is 3.24 Å². The van der Waals surface area contributed by atoms with Crippen molar-refractivity contribution in [2.24, 2.45) is 17.8 Å². The minimum Gasteiger partial charge on any atom is -0.309 e. The summed E-state index contributed by atoms with van der Waals surface area (Å²) in [7, 11) is 4.42. The lowest BCUT2D eigenvalue weighted by Crippen LogP contribution is -2.23. The van der Waals surface area contributed by atoms with Crippen molar-refractivity contribution in [2.45, 2.75) is 66.2 Å². The van der Waals surface area contributed by atoms with Crippen LogP contribution in [0.25, 0.3) is 0 Å². The van der Waals surface area contributed by atoms with Gasteiger partial charge in [0.2, 0.25) is 0 Å². The lowest BCUT2D eigenvalue weighted by molar-refractivity contribution is 0.253. The van der Waals surface area contributed by atoms with Gasteiger partial charge < -0.3 is 4.90 Å². The van der Waals surface area contributed by atoms with Crippen molar-refractivity contribution in [3.05, 3.63) is 0 Å². The maximum atomic E-state index is 2.43. The second-order valence-electron chi connectivity index (χ2n) is 6.59. The van der Waals surface area contributed by atoms with Crippen LogP contribution in [0.5, 0.6) is 0 Å². The summed E-state index contributed by atoms with van der Waals surface area (Å²) in [6.07, 6.45) is 8.40. The van der Waals surface area contributed by atoms with Crippen LogP contribution < -0.4 is 0 Å². The van der Waals surface area contributed by atoms with Gasteiger partial charge in [0.15, 0.2) is 0 Å². The Balaban J connectivity index is 3.98. The Labute approximate surface area is 110 Å². The molecule has 0 N–H and O–H groups in total. The van der Waals surface area contributed by atoms with Crippen molar-refractivity contribution in [1.82, 2.24) is 4.90 Å². The van der Waals surface area contributed by atoms with Crippen molar-refractivity contribution < 1.29 is 0 Å². The Morgan fingerprint density at radius 3 is 2.06 bits per heavy atom. The summed E-state index contributed by atoms with van der Waals surface area (Å²) in [4.78, 5) is 2.36. The van der Waals surface area contributed by atoms with Gasteiger partial charge in [0.25, 0.3) is 0 Å². The molecule has 0 radical (unpaired) electrons. The average Bonchev–Trinajstić information content (AvgIpc) is 2.15. The molecule has 0 aliphatic rings. The fourth-order valence-electron chi connectivity index (χ4n) is 2.95. The molecule has 0 aliphatic carbocycles. The van der Waals surface area contributed by atoms with Crippen molar-refractivity contribution in [1.29, 1.82) is 0 Å². The summed E-state index contributed by atoms with van der Waals surface area (Å²) in [6.45, 7) is 10.7. The first-order chi connectivity index (χ1) is 7.95. The molecule has 0 aliphatic heterocycles. The second-order valence-corrected chi connectivity index (χ2v) is 6.59. The van der Waals surface area contributed by atoms with E-state index >= 15 is 0 Å². The molecule has 0 rings (SSSR count). The molecule has 104 valence electrons. The Morgan fingerprint density at radius 2 is 1.59 bits per heavy atom. The zero-order valence-electron chi connectivity index (χ0n) is 13.1. The first kappa shape index (κ1) is 17.0. The van der Waals surface area contributed by atoms with Crippen LogP contribution in [0.15, 0.2) is 0 Å². The third-order valence-electron chi connectivity index (χ3n) is 3.45. The number of hydrogen-bond acceptors (Lipinski definition) is 1. The first-order valence-corrected chi connectivity index (χ1v) is 7.60. The Morgan fingerprint density at radius 1 is 0.941 bits per heavy atom. The molecule has 0 amide bonds. The number of nitrogens with zero attached hydrogens (tertiary/aromatic N) is 1. The molecule has 0 aromatic heterocycles. The minimum atomic E-state index is 0.848. The van der Waals surface area contributed by atoms with Gasteiger partial charge >= 0.3 is 0 Å². The predicted octanol–water partition coefficient (Wildman–Crippen LogP) is 4.82. The van der Waals surface area contributed by atoms with E-state index in [1.54, 1.807) is 0 Å². The highest BCUT2D eigenvalue weighted by Crippen LogP contribution is 2.24. The van der Waals surface area contributed by atoms with E-state index in [0.29, 0.717) is 0 Å². The van der Waals surface area contributed by atoms with E-state index in [0.717, 1.165) is 17.8 Å². The third-order valence-corrected chi connectivity index (χ3v) is 3.45. The van der Waals surface area contributed by atoms with Crippen LogP contribution in [0.3, 0.4) is 0 Å². The van der Waals surface area contributed by atoms with Crippen LogP contribution in [0, 0.1) is 17.8 Å². The van der Waals surface area contributed by atoms with Gasteiger partial charge in [-0.15, -0.1) is 0 Å². The predicted molar refractivity (Wildman–Crippen MR) is 79.4 cm³/mol. The Bertz CT molecular complexity index is 163. The summed E-state index contributed by atoms with van der Waals surface area (Å²) < 4.78 is 0. The van der Waals surface area contributed by atoms with E-state index in [4.69, 9.17) is 0 Å². The fourth-order valence-corrected chi connectivity index (χ4v) is 2.95. The molecule has 2 atom stereocenters. The zero-order valence-corrected chi connectivity index (χ0v) is 13.1. The van der Waals surface area contributed by atoms with Gasteiger partial charge in [-0.05, 0) is 51.1 Å². The standard InChI is InChI=1S/C16H35N/c1-7-8-9-10-16(13-17(5)6)12-15(4)11-14(2)3/h14-16H,7-13H2,1-6H3. The summed E-state index contributed by atoms with van der Waals surface area (Å²) in [5.74, 6) is 2.65. The van der Waals surface area contributed by atoms with E-state index in [-0.39, 0.29) is 0 Å². The number of hydrogen-bond donors (Lipinski definition) is 0. The van der Waals surface area contributed by atoms with Gasteiger partial charge in [-0.2, -0.15) is 0 Å². The van der Waals surface area contributed by atoms with Crippen LogP contribution in [0.1, 0.15) is 66.2 Å². The molecule has 0 saturated heterocycles. The van der Waals surface area contributed by atoms with Crippen LogP contribution in [-0.4, -0.2) is 25.5 Å². The molecule has 0 heterocycles. The summed E-state index contributed by atoms with van der Waals surface area (Å²) in [6, 6.07) is 0. The molecule has 0 saturated carbocycles. The lowest BCUT2D eigenvalue weighted by atomic mass is 9.86. The molecule has 0 spiro atoms. The molecule has 1 nitrogen and oxygen atoms in total. The molecule has 1 heteroatoms. The summed E-state index contributed by atoms with van der Waals surface area (Å²) in [5, 5.41) is 0. The highest BCUT2D eigenvalue weighted by atomic mass is 15.1. The Hall–Kier alpha value is -0.0400. The zero-order chi connectivity index (χ0) is 13.3. The SMILES string of the molecule is CCCCCC(CC(C)CC(C)C)CN(C)C. The lowest BCUT2D eigenvalue weighted by Gasteiger charge is -2.25. The van der Waals surface area contributed by atoms with Crippen molar-refractivity contribution in [2.75, 3.05) is 20.6 Å². The third kappa shape index (κ3) is 10.8. The maximum Gasteiger partial charge on any atom is 0.000366 e. The largest absolute Gasteiger partial charge is 0.309 e. The van der Waals surface area contributed by atoms with E-state index in [1.807, 2.05) is 0 Å². The fraction of sp³-hybridized carbons (Fsp3) is 1.00. The van der Waals surface area contributed by atoms with Crippen molar-refractivity contribution >= 4 is 0 Å². The van der Waals surface area contributed by atoms with Gasteiger partial charge in [0.05, 0.1) is 0 Å². The quantitative estimate of drug-likeness (QED) is 0.496. The van der Waals surface area contributed by atoms with Gasteiger partial charge in [-0.25, -0.2) is 0 Å². The summed E-state index contributed by atoms with van der Waals surface area (Å²) in [5.41, 5.74) is 0. The van der Waals surface area contributed by atoms with Gasteiger partial charge in [-0.3, -0.25) is 0 Å². The van der Waals surface area contributed by atoms with Crippen LogP contribution in [0.2, 0.25) is 0 Å². The van der Waals surface area contributed by atoms with E-state index in [9.17, 15) is 0 Å². The average molecular weight is 241 g/mol. The maximum absolute atomic E-state index is 2.43.